The van der Waals surface area contributed by atoms with Crippen molar-refractivity contribution in [2.24, 2.45) is 4.99 Å². The first-order valence-corrected chi connectivity index (χ1v) is 9.77. The standard InChI is InChI=1S/C19H40N4O2/c1-7-20-19(21-13-10-8-9-12-18(24)25-6)22-14-11-15-23(16(2)3)17(4)5/h16-17H,7-15H2,1-6H3,(H2,20,21,22). The van der Waals surface area contributed by atoms with Gasteiger partial charge in [-0.3, -0.25) is 14.7 Å². The summed E-state index contributed by atoms with van der Waals surface area (Å²) in [4.78, 5) is 18.2. The van der Waals surface area contributed by atoms with Crippen molar-refractivity contribution in [1.82, 2.24) is 15.5 Å². The van der Waals surface area contributed by atoms with Crippen LogP contribution in [0.25, 0.3) is 0 Å². The number of nitrogens with zero attached hydrogens (tertiary/aromatic N) is 2. The highest BCUT2D eigenvalue weighted by atomic mass is 16.5. The summed E-state index contributed by atoms with van der Waals surface area (Å²) in [6, 6.07) is 1.14. The Labute approximate surface area is 154 Å². The van der Waals surface area contributed by atoms with E-state index < -0.39 is 0 Å². The smallest absolute Gasteiger partial charge is 0.305 e. The van der Waals surface area contributed by atoms with Crippen LogP contribution in [0.3, 0.4) is 0 Å². The van der Waals surface area contributed by atoms with Gasteiger partial charge < -0.3 is 15.4 Å². The third kappa shape index (κ3) is 12.7. The van der Waals surface area contributed by atoms with E-state index in [1.165, 1.54) is 7.11 Å². The van der Waals surface area contributed by atoms with Gasteiger partial charge in [0.25, 0.3) is 0 Å². The molecule has 0 bridgehead atoms. The minimum absolute atomic E-state index is 0.125. The summed E-state index contributed by atoms with van der Waals surface area (Å²) in [7, 11) is 1.44. The minimum Gasteiger partial charge on any atom is -0.469 e. The van der Waals surface area contributed by atoms with Crippen LogP contribution < -0.4 is 10.6 Å². The number of carbonyl (C=O) groups is 1. The van der Waals surface area contributed by atoms with Gasteiger partial charge in [0.2, 0.25) is 0 Å². The molecule has 6 nitrogen and oxygen atoms in total. The molecule has 0 amide bonds. The lowest BCUT2D eigenvalue weighted by Gasteiger charge is -2.30. The number of unbranched alkanes of at least 4 members (excludes halogenated alkanes) is 2. The quantitative estimate of drug-likeness (QED) is 0.230. The largest absolute Gasteiger partial charge is 0.469 e. The molecule has 0 aromatic heterocycles. The summed E-state index contributed by atoms with van der Waals surface area (Å²) in [6.45, 7) is 14.7. The van der Waals surface area contributed by atoms with Crippen molar-refractivity contribution in [1.29, 1.82) is 0 Å². The van der Waals surface area contributed by atoms with Crippen LogP contribution in [0.5, 0.6) is 0 Å². The molecular formula is C19H40N4O2. The van der Waals surface area contributed by atoms with Gasteiger partial charge in [-0.1, -0.05) is 6.42 Å². The Morgan fingerprint density at radius 3 is 2.28 bits per heavy atom. The molecule has 0 heterocycles. The maximum Gasteiger partial charge on any atom is 0.305 e. The molecule has 6 heteroatoms. The van der Waals surface area contributed by atoms with Crippen molar-refractivity contribution in [3.05, 3.63) is 0 Å². The molecule has 0 aromatic rings. The Bertz CT molecular complexity index is 362. The molecule has 0 rings (SSSR count). The summed E-state index contributed by atoms with van der Waals surface area (Å²) >= 11 is 0. The van der Waals surface area contributed by atoms with Gasteiger partial charge in [0, 0.05) is 44.7 Å². The fourth-order valence-corrected chi connectivity index (χ4v) is 2.78. The van der Waals surface area contributed by atoms with Crippen LogP contribution in [0, 0.1) is 0 Å². The van der Waals surface area contributed by atoms with Crippen molar-refractivity contribution in [3.8, 4) is 0 Å². The average Bonchev–Trinajstić information content (AvgIpc) is 2.56. The predicted octanol–water partition coefficient (Wildman–Crippen LogP) is 2.78. The van der Waals surface area contributed by atoms with Crippen LogP contribution in [0.15, 0.2) is 4.99 Å². The zero-order chi connectivity index (χ0) is 19.1. The molecule has 0 radical (unpaired) electrons. The molecule has 148 valence electrons. The lowest BCUT2D eigenvalue weighted by Crippen LogP contribution is -2.39. The van der Waals surface area contributed by atoms with Crippen molar-refractivity contribution in [2.75, 3.05) is 33.3 Å². The van der Waals surface area contributed by atoms with Crippen LogP contribution in [0.1, 0.15) is 66.7 Å². The van der Waals surface area contributed by atoms with E-state index in [2.05, 4.69) is 59.9 Å². The van der Waals surface area contributed by atoms with E-state index in [0.29, 0.717) is 18.5 Å². The number of rotatable bonds is 13. The Hall–Kier alpha value is -1.30. The van der Waals surface area contributed by atoms with E-state index in [1.807, 2.05) is 0 Å². The lowest BCUT2D eigenvalue weighted by atomic mass is 10.2. The first-order valence-electron chi connectivity index (χ1n) is 9.77. The Kier molecular flexibility index (Phi) is 14.2. The van der Waals surface area contributed by atoms with Gasteiger partial charge in [0.1, 0.15) is 0 Å². The summed E-state index contributed by atoms with van der Waals surface area (Å²) in [6.07, 6.45) is 4.48. The first kappa shape index (κ1) is 23.7. The topological polar surface area (TPSA) is 66.0 Å². The summed E-state index contributed by atoms with van der Waals surface area (Å²) in [5, 5.41) is 6.65. The molecule has 0 atom stereocenters. The van der Waals surface area contributed by atoms with Crippen molar-refractivity contribution in [2.45, 2.75) is 78.8 Å². The van der Waals surface area contributed by atoms with Gasteiger partial charge in [0.05, 0.1) is 7.11 Å². The first-order chi connectivity index (χ1) is 11.9. The maximum atomic E-state index is 11.0. The molecule has 25 heavy (non-hydrogen) atoms. The van der Waals surface area contributed by atoms with Crippen LogP contribution in [0.4, 0.5) is 0 Å². The highest BCUT2D eigenvalue weighted by Gasteiger charge is 2.12. The molecule has 0 aliphatic carbocycles. The molecule has 0 aromatic carbocycles. The highest BCUT2D eigenvalue weighted by molar-refractivity contribution is 5.79. The molecule has 0 aliphatic rings. The Morgan fingerprint density at radius 1 is 1.04 bits per heavy atom. The van der Waals surface area contributed by atoms with E-state index in [4.69, 9.17) is 0 Å². The second kappa shape index (κ2) is 15.0. The molecule has 0 aliphatic heterocycles. The molecule has 0 unspecified atom stereocenters. The van der Waals surface area contributed by atoms with E-state index in [0.717, 1.165) is 57.8 Å². The van der Waals surface area contributed by atoms with E-state index in [1.54, 1.807) is 0 Å². The van der Waals surface area contributed by atoms with Gasteiger partial charge in [-0.05, 0) is 53.9 Å². The molecule has 2 N–H and O–H groups in total. The van der Waals surface area contributed by atoms with E-state index in [-0.39, 0.29) is 5.97 Å². The summed E-state index contributed by atoms with van der Waals surface area (Å²) < 4.78 is 4.64. The van der Waals surface area contributed by atoms with Gasteiger partial charge in [-0.2, -0.15) is 0 Å². The average molecular weight is 357 g/mol. The highest BCUT2D eigenvalue weighted by Crippen LogP contribution is 2.05. The minimum atomic E-state index is -0.125. The molecule has 0 fully saturated rings. The van der Waals surface area contributed by atoms with E-state index in [9.17, 15) is 4.79 Å². The lowest BCUT2D eigenvalue weighted by molar-refractivity contribution is -0.140. The van der Waals surface area contributed by atoms with Crippen LogP contribution in [0.2, 0.25) is 0 Å². The van der Waals surface area contributed by atoms with Gasteiger partial charge >= 0.3 is 5.97 Å². The molecular weight excluding hydrogens is 316 g/mol. The van der Waals surface area contributed by atoms with Gasteiger partial charge in [-0.25, -0.2) is 0 Å². The zero-order valence-corrected chi connectivity index (χ0v) is 17.2. The molecule has 0 spiro atoms. The van der Waals surface area contributed by atoms with E-state index >= 15 is 0 Å². The zero-order valence-electron chi connectivity index (χ0n) is 17.2. The van der Waals surface area contributed by atoms with Crippen molar-refractivity contribution < 1.29 is 9.53 Å². The number of carbonyl (C=O) groups excluding carboxylic acids is 1. The third-order valence-corrected chi connectivity index (χ3v) is 4.09. The number of aliphatic imine (C=N–C) groups is 1. The number of nitrogens with one attached hydrogen (secondary N) is 2. The number of hydrogen-bond acceptors (Lipinski definition) is 4. The van der Waals surface area contributed by atoms with Crippen LogP contribution >= 0.6 is 0 Å². The number of ether oxygens (including phenoxy) is 1. The van der Waals surface area contributed by atoms with Crippen LogP contribution in [-0.2, 0) is 9.53 Å². The second-order valence-electron chi connectivity index (χ2n) is 6.85. The normalized spacial score (nSPS) is 12.1. The summed E-state index contributed by atoms with van der Waals surface area (Å²) in [5.41, 5.74) is 0. The SMILES string of the molecule is CCNC(=NCCCN(C(C)C)C(C)C)NCCCCCC(=O)OC. The number of guanidine groups is 1. The Morgan fingerprint density at radius 2 is 1.72 bits per heavy atom. The fraction of sp³-hybridized carbons (Fsp3) is 0.895. The monoisotopic (exact) mass is 356 g/mol. The fourth-order valence-electron chi connectivity index (χ4n) is 2.78. The molecule has 0 saturated carbocycles. The maximum absolute atomic E-state index is 11.0. The predicted molar refractivity (Wildman–Crippen MR) is 106 cm³/mol. The van der Waals surface area contributed by atoms with Gasteiger partial charge in [-0.15, -0.1) is 0 Å². The van der Waals surface area contributed by atoms with Crippen LogP contribution in [-0.4, -0.2) is 62.2 Å². The number of methoxy groups -OCH3 is 1. The Balaban J connectivity index is 4.02. The van der Waals surface area contributed by atoms with Gasteiger partial charge in [0.15, 0.2) is 5.96 Å². The third-order valence-electron chi connectivity index (χ3n) is 4.09. The number of esters is 1. The summed E-state index contributed by atoms with van der Waals surface area (Å²) in [5.74, 6) is 0.760. The number of hydrogen-bond donors (Lipinski definition) is 2. The molecule has 0 saturated heterocycles. The van der Waals surface area contributed by atoms with Crippen molar-refractivity contribution >= 4 is 11.9 Å². The second-order valence-corrected chi connectivity index (χ2v) is 6.85. The van der Waals surface area contributed by atoms with Crippen molar-refractivity contribution in [3.63, 3.8) is 0 Å².